The van der Waals surface area contributed by atoms with Gasteiger partial charge in [0.25, 0.3) is 5.91 Å². The van der Waals surface area contributed by atoms with E-state index in [2.05, 4.69) is 0 Å². The van der Waals surface area contributed by atoms with Crippen LogP contribution in [-0.2, 0) is 16.1 Å². The van der Waals surface area contributed by atoms with Crippen molar-refractivity contribution in [3.8, 4) is 5.75 Å². The van der Waals surface area contributed by atoms with E-state index in [1.165, 1.54) is 21.6 Å². The molecular formula is C22H22N2O4S2. The molecule has 1 heterocycles. The van der Waals surface area contributed by atoms with Crippen molar-refractivity contribution >= 4 is 46.2 Å². The first kappa shape index (κ1) is 22.0. The lowest BCUT2D eigenvalue weighted by molar-refractivity contribution is -0.136. The second kappa shape index (κ2) is 10.4. The molecule has 2 aromatic rings. The third-order valence-corrected chi connectivity index (χ3v) is 5.90. The van der Waals surface area contributed by atoms with Gasteiger partial charge < -0.3 is 14.7 Å². The Morgan fingerprint density at radius 3 is 2.53 bits per heavy atom. The van der Waals surface area contributed by atoms with Crippen LogP contribution in [0.4, 0.5) is 0 Å². The normalized spacial score (nSPS) is 15.0. The summed E-state index contributed by atoms with van der Waals surface area (Å²) in [4.78, 5) is 29.0. The third-order valence-electron chi connectivity index (χ3n) is 4.52. The first-order chi connectivity index (χ1) is 14.5. The summed E-state index contributed by atoms with van der Waals surface area (Å²) in [6.45, 7) is 0.229. The highest BCUT2D eigenvalue weighted by atomic mass is 32.2. The van der Waals surface area contributed by atoms with Crippen LogP contribution in [-0.4, -0.2) is 57.8 Å². The maximum absolute atomic E-state index is 12.8. The summed E-state index contributed by atoms with van der Waals surface area (Å²) in [6, 6.07) is 16.8. The molecule has 0 radical (unpaired) electrons. The van der Waals surface area contributed by atoms with E-state index < -0.39 is 0 Å². The van der Waals surface area contributed by atoms with Crippen molar-refractivity contribution in [2.24, 2.45) is 0 Å². The number of aliphatic hydroxyl groups is 1. The van der Waals surface area contributed by atoms with E-state index >= 15 is 0 Å². The van der Waals surface area contributed by atoms with Crippen LogP contribution in [0.1, 0.15) is 11.1 Å². The minimum Gasteiger partial charge on any atom is -0.497 e. The number of thiocarbonyl (C=S) groups is 1. The molecule has 2 amide bonds. The minimum absolute atomic E-state index is 0.155. The molecule has 0 atom stereocenters. The first-order valence-corrected chi connectivity index (χ1v) is 10.6. The van der Waals surface area contributed by atoms with Crippen LogP contribution in [0.25, 0.3) is 6.08 Å². The number of thioether (sulfide) groups is 1. The van der Waals surface area contributed by atoms with Crippen LogP contribution in [0, 0.1) is 0 Å². The van der Waals surface area contributed by atoms with Gasteiger partial charge in [-0.2, -0.15) is 0 Å². The van der Waals surface area contributed by atoms with Crippen LogP contribution in [0.3, 0.4) is 0 Å². The van der Waals surface area contributed by atoms with E-state index in [0.717, 1.165) is 16.9 Å². The lowest BCUT2D eigenvalue weighted by Crippen LogP contribution is -2.42. The molecule has 1 aliphatic rings. The zero-order valence-corrected chi connectivity index (χ0v) is 18.1. The molecule has 0 aromatic heterocycles. The molecule has 0 spiro atoms. The number of carbonyl (C=O) groups excluding carboxylic acids is 2. The number of rotatable bonds is 8. The van der Waals surface area contributed by atoms with Gasteiger partial charge in [0.1, 0.15) is 16.6 Å². The van der Waals surface area contributed by atoms with Crippen LogP contribution in [0.15, 0.2) is 59.5 Å². The summed E-state index contributed by atoms with van der Waals surface area (Å²) in [6.07, 6.45) is 1.75. The fourth-order valence-electron chi connectivity index (χ4n) is 2.94. The Labute approximate surface area is 185 Å². The molecule has 0 unspecified atom stereocenters. The van der Waals surface area contributed by atoms with Crippen LogP contribution in [0.5, 0.6) is 5.75 Å². The van der Waals surface area contributed by atoms with Gasteiger partial charge in [-0.3, -0.25) is 14.5 Å². The van der Waals surface area contributed by atoms with E-state index in [4.69, 9.17) is 17.0 Å². The van der Waals surface area contributed by atoms with Gasteiger partial charge in [-0.05, 0) is 29.3 Å². The van der Waals surface area contributed by atoms with Crippen molar-refractivity contribution in [2.45, 2.75) is 6.54 Å². The van der Waals surface area contributed by atoms with Gasteiger partial charge in [-0.1, -0.05) is 66.4 Å². The summed E-state index contributed by atoms with van der Waals surface area (Å²) in [5.74, 6) is 0.167. The summed E-state index contributed by atoms with van der Waals surface area (Å²) in [5, 5.41) is 9.35. The molecule has 1 aliphatic heterocycles. The highest BCUT2D eigenvalue weighted by Crippen LogP contribution is 2.32. The molecule has 156 valence electrons. The number of hydrogen-bond donors (Lipinski definition) is 1. The van der Waals surface area contributed by atoms with Crippen molar-refractivity contribution in [3.63, 3.8) is 0 Å². The largest absolute Gasteiger partial charge is 0.497 e. The zero-order valence-electron chi connectivity index (χ0n) is 16.5. The third kappa shape index (κ3) is 5.47. The fraction of sp³-hybridized carbons (Fsp3) is 0.227. The lowest BCUT2D eigenvalue weighted by atomic mass is 10.2. The highest BCUT2D eigenvalue weighted by molar-refractivity contribution is 8.26. The van der Waals surface area contributed by atoms with E-state index in [1.54, 1.807) is 13.2 Å². The molecular weight excluding hydrogens is 420 g/mol. The first-order valence-electron chi connectivity index (χ1n) is 9.34. The van der Waals surface area contributed by atoms with Crippen molar-refractivity contribution in [1.29, 1.82) is 0 Å². The monoisotopic (exact) mass is 442 g/mol. The summed E-state index contributed by atoms with van der Waals surface area (Å²) < 4.78 is 5.49. The Morgan fingerprint density at radius 2 is 1.90 bits per heavy atom. The number of benzene rings is 2. The van der Waals surface area contributed by atoms with Gasteiger partial charge in [-0.15, -0.1) is 0 Å². The second-order valence-corrected chi connectivity index (χ2v) is 8.24. The van der Waals surface area contributed by atoms with Gasteiger partial charge in [0.2, 0.25) is 5.91 Å². The van der Waals surface area contributed by atoms with Crippen LogP contribution < -0.4 is 4.74 Å². The summed E-state index contributed by atoms with van der Waals surface area (Å²) >= 11 is 6.51. The standard InChI is InChI=1S/C22H22N2O4S2/c1-28-18-9-7-16(8-10-18)13-19-21(27)24(22(29)30-19)15-20(26)23(11-12-25)14-17-5-3-2-4-6-17/h2-10,13,25H,11-12,14-15H2,1H3/b19-13-. The van der Waals surface area contributed by atoms with Gasteiger partial charge >= 0.3 is 0 Å². The number of methoxy groups -OCH3 is 1. The molecule has 0 aliphatic carbocycles. The smallest absolute Gasteiger partial charge is 0.266 e. The quantitative estimate of drug-likeness (QED) is 0.501. The van der Waals surface area contributed by atoms with E-state index in [1.807, 2.05) is 54.6 Å². The van der Waals surface area contributed by atoms with Gasteiger partial charge in [0, 0.05) is 13.1 Å². The fourth-order valence-corrected chi connectivity index (χ4v) is 4.19. The number of nitrogens with zero attached hydrogens (tertiary/aromatic N) is 2. The van der Waals surface area contributed by atoms with Crippen LogP contribution in [0.2, 0.25) is 0 Å². The number of ether oxygens (including phenoxy) is 1. The Hall–Kier alpha value is -2.68. The Morgan fingerprint density at radius 1 is 1.20 bits per heavy atom. The van der Waals surface area contributed by atoms with Crippen molar-refractivity contribution in [1.82, 2.24) is 9.80 Å². The maximum Gasteiger partial charge on any atom is 0.266 e. The zero-order chi connectivity index (χ0) is 21.5. The number of hydrogen-bond acceptors (Lipinski definition) is 6. The topological polar surface area (TPSA) is 70.1 Å². The predicted molar refractivity (Wildman–Crippen MR) is 122 cm³/mol. The molecule has 8 heteroatoms. The molecule has 3 rings (SSSR count). The highest BCUT2D eigenvalue weighted by Gasteiger charge is 2.34. The Balaban J connectivity index is 1.70. The van der Waals surface area contributed by atoms with Crippen molar-refractivity contribution < 1.29 is 19.4 Å². The molecule has 0 saturated carbocycles. The molecule has 2 aromatic carbocycles. The van der Waals surface area contributed by atoms with Crippen LogP contribution >= 0.6 is 24.0 Å². The Kier molecular flexibility index (Phi) is 7.62. The van der Waals surface area contributed by atoms with E-state index in [-0.39, 0.29) is 31.5 Å². The molecule has 6 nitrogen and oxygen atoms in total. The minimum atomic E-state index is -0.294. The Bertz CT molecular complexity index is 945. The molecule has 30 heavy (non-hydrogen) atoms. The average molecular weight is 443 g/mol. The maximum atomic E-state index is 12.8. The number of carbonyl (C=O) groups is 2. The number of aliphatic hydroxyl groups excluding tert-OH is 1. The summed E-state index contributed by atoms with van der Waals surface area (Å²) in [7, 11) is 1.59. The van der Waals surface area contributed by atoms with Crippen molar-refractivity contribution in [2.75, 3.05) is 26.8 Å². The average Bonchev–Trinajstić information content (AvgIpc) is 3.02. The lowest BCUT2D eigenvalue weighted by Gasteiger charge is -2.24. The summed E-state index contributed by atoms with van der Waals surface area (Å²) in [5.41, 5.74) is 1.79. The van der Waals surface area contributed by atoms with E-state index in [9.17, 15) is 14.7 Å². The van der Waals surface area contributed by atoms with Gasteiger partial charge in [0.05, 0.1) is 18.6 Å². The number of amides is 2. The second-order valence-electron chi connectivity index (χ2n) is 6.57. The van der Waals surface area contributed by atoms with E-state index in [0.29, 0.717) is 15.8 Å². The molecule has 1 N–H and O–H groups in total. The molecule has 0 bridgehead atoms. The molecule has 1 saturated heterocycles. The van der Waals surface area contributed by atoms with Gasteiger partial charge in [0.15, 0.2) is 0 Å². The molecule has 1 fully saturated rings. The van der Waals surface area contributed by atoms with Crippen molar-refractivity contribution in [3.05, 3.63) is 70.6 Å². The predicted octanol–water partition coefficient (Wildman–Crippen LogP) is 2.92. The van der Waals surface area contributed by atoms with Gasteiger partial charge in [-0.25, -0.2) is 0 Å². The SMILES string of the molecule is COc1ccc(/C=C2\SC(=S)N(CC(=O)N(CCO)Cc3ccccc3)C2=O)cc1.